The Morgan fingerprint density at radius 1 is 1.31 bits per heavy atom. The van der Waals surface area contributed by atoms with Crippen LogP contribution in [0, 0.1) is 0 Å². The molecule has 154 valence electrons. The van der Waals surface area contributed by atoms with E-state index in [1.54, 1.807) is 17.2 Å². The Labute approximate surface area is 174 Å². The van der Waals surface area contributed by atoms with Crippen molar-refractivity contribution in [2.75, 3.05) is 18.4 Å². The Kier molecular flexibility index (Phi) is 5.93. The minimum absolute atomic E-state index is 0.216. The van der Waals surface area contributed by atoms with Gasteiger partial charge in [-0.3, -0.25) is 4.79 Å². The predicted molar refractivity (Wildman–Crippen MR) is 112 cm³/mol. The quantitative estimate of drug-likeness (QED) is 0.820. The molecule has 0 aliphatic carbocycles. The second-order valence-corrected chi connectivity index (χ2v) is 8.16. The topological polar surface area (TPSA) is 89.3 Å². The normalized spacial score (nSPS) is 14.4. The van der Waals surface area contributed by atoms with E-state index in [0.717, 1.165) is 11.1 Å². The van der Waals surface area contributed by atoms with Gasteiger partial charge in [-0.25, -0.2) is 14.5 Å². The molecule has 2 aromatic rings. The number of rotatable bonds is 3. The minimum atomic E-state index is -0.506. The van der Waals surface area contributed by atoms with Gasteiger partial charge in [0.05, 0.1) is 0 Å². The molecule has 1 aliphatic heterocycles. The van der Waals surface area contributed by atoms with Gasteiger partial charge in [-0.1, -0.05) is 17.7 Å². The first-order chi connectivity index (χ1) is 13.6. The average molecular weight is 418 g/mol. The molecular weight excluding hydrogens is 394 g/mol. The summed E-state index contributed by atoms with van der Waals surface area (Å²) in [7, 11) is 1.53. The van der Waals surface area contributed by atoms with Crippen molar-refractivity contribution < 1.29 is 9.53 Å². The van der Waals surface area contributed by atoms with E-state index in [0.29, 0.717) is 31.0 Å². The van der Waals surface area contributed by atoms with E-state index in [2.05, 4.69) is 15.4 Å². The van der Waals surface area contributed by atoms with Gasteiger partial charge in [-0.15, -0.1) is 0 Å². The summed E-state index contributed by atoms with van der Waals surface area (Å²) in [5.41, 5.74) is 1.59. The molecule has 9 heteroatoms. The second-order valence-electron chi connectivity index (χ2n) is 7.77. The van der Waals surface area contributed by atoms with E-state index >= 15 is 0 Å². The molecule has 0 aromatic carbocycles. The van der Waals surface area contributed by atoms with E-state index in [4.69, 9.17) is 16.3 Å². The molecule has 29 heavy (non-hydrogen) atoms. The number of nitrogens with one attached hydrogen (secondary N) is 1. The zero-order valence-electron chi connectivity index (χ0n) is 16.9. The van der Waals surface area contributed by atoms with Crippen LogP contribution in [0.2, 0.25) is 5.15 Å². The standard InChI is InChI=1S/C20H24ClN5O3/c1-20(2,3)29-19(28)26-9-7-13(8-10-26)14-5-6-17(22-12-14)23-15-11-16(21)24-25(4)18(15)27/h5-7,11-12H,8-10H2,1-4H3,(H,22,23). The number of aromatic nitrogens is 3. The molecule has 0 atom stereocenters. The van der Waals surface area contributed by atoms with Crippen molar-refractivity contribution in [3.05, 3.63) is 51.5 Å². The smallest absolute Gasteiger partial charge is 0.410 e. The molecule has 1 amide bonds. The van der Waals surface area contributed by atoms with Crippen molar-refractivity contribution >= 4 is 34.8 Å². The first-order valence-electron chi connectivity index (χ1n) is 9.26. The summed E-state index contributed by atoms with van der Waals surface area (Å²) in [6.45, 7) is 6.65. The minimum Gasteiger partial charge on any atom is -0.444 e. The molecule has 3 heterocycles. The fourth-order valence-corrected chi connectivity index (χ4v) is 3.10. The summed E-state index contributed by atoms with van der Waals surface area (Å²) in [5, 5.41) is 7.04. The molecule has 0 bridgehead atoms. The molecule has 0 radical (unpaired) electrons. The van der Waals surface area contributed by atoms with Crippen LogP contribution < -0.4 is 10.9 Å². The summed E-state index contributed by atoms with van der Waals surface area (Å²) >= 11 is 5.91. The van der Waals surface area contributed by atoms with Gasteiger partial charge in [0.25, 0.3) is 5.56 Å². The predicted octanol–water partition coefficient (Wildman–Crippen LogP) is 3.60. The highest BCUT2D eigenvalue weighted by Crippen LogP contribution is 2.24. The zero-order valence-corrected chi connectivity index (χ0v) is 17.7. The maximum Gasteiger partial charge on any atom is 0.410 e. The van der Waals surface area contributed by atoms with Crippen molar-refractivity contribution in [1.29, 1.82) is 0 Å². The average Bonchev–Trinajstić information content (AvgIpc) is 2.65. The van der Waals surface area contributed by atoms with E-state index in [1.807, 2.05) is 32.9 Å². The highest BCUT2D eigenvalue weighted by atomic mass is 35.5. The lowest BCUT2D eigenvalue weighted by molar-refractivity contribution is 0.0270. The Morgan fingerprint density at radius 3 is 2.66 bits per heavy atom. The van der Waals surface area contributed by atoms with E-state index in [1.165, 1.54) is 17.8 Å². The molecule has 0 unspecified atom stereocenters. The molecule has 0 saturated carbocycles. The van der Waals surface area contributed by atoms with Gasteiger partial charge in [-0.2, -0.15) is 5.10 Å². The fraction of sp³-hybridized carbons (Fsp3) is 0.400. The maximum atomic E-state index is 12.2. The van der Waals surface area contributed by atoms with Crippen LogP contribution in [0.3, 0.4) is 0 Å². The first kappa shape index (κ1) is 20.9. The highest BCUT2D eigenvalue weighted by molar-refractivity contribution is 6.29. The molecule has 0 saturated heterocycles. The SMILES string of the molecule is Cn1nc(Cl)cc(Nc2ccc(C3=CCN(C(=O)OC(C)(C)C)CC3)cn2)c1=O. The summed E-state index contributed by atoms with van der Waals surface area (Å²) in [6, 6.07) is 5.19. The van der Waals surface area contributed by atoms with Crippen molar-refractivity contribution in [3.8, 4) is 0 Å². The first-order valence-corrected chi connectivity index (χ1v) is 9.64. The molecule has 1 N–H and O–H groups in total. The van der Waals surface area contributed by atoms with Crippen molar-refractivity contribution in [2.24, 2.45) is 7.05 Å². The summed E-state index contributed by atoms with van der Waals surface area (Å²) < 4.78 is 6.58. The van der Waals surface area contributed by atoms with Gasteiger partial charge in [0, 0.05) is 32.4 Å². The molecule has 3 rings (SSSR count). The van der Waals surface area contributed by atoms with Crippen molar-refractivity contribution in [2.45, 2.75) is 32.8 Å². The third-order valence-electron chi connectivity index (χ3n) is 4.29. The van der Waals surface area contributed by atoms with E-state index < -0.39 is 5.60 Å². The maximum absolute atomic E-state index is 12.2. The Balaban J connectivity index is 1.67. The van der Waals surface area contributed by atoms with Crippen LogP contribution in [0.1, 0.15) is 32.8 Å². The number of hydrogen-bond acceptors (Lipinski definition) is 6. The summed E-state index contributed by atoms with van der Waals surface area (Å²) in [5.74, 6) is 0.528. The van der Waals surface area contributed by atoms with Crippen LogP contribution >= 0.6 is 11.6 Å². The number of amides is 1. The molecule has 0 fully saturated rings. The number of hydrogen-bond donors (Lipinski definition) is 1. The number of nitrogens with zero attached hydrogens (tertiary/aromatic N) is 4. The van der Waals surface area contributed by atoms with Crippen LogP contribution in [0.4, 0.5) is 16.3 Å². The van der Waals surface area contributed by atoms with Gasteiger partial charge in [-0.05, 0) is 50.5 Å². The molecule has 8 nitrogen and oxygen atoms in total. The lowest BCUT2D eigenvalue weighted by Crippen LogP contribution is -2.39. The zero-order chi connectivity index (χ0) is 21.2. The van der Waals surface area contributed by atoms with Crippen LogP contribution in [0.25, 0.3) is 5.57 Å². The van der Waals surface area contributed by atoms with Gasteiger partial charge in [0.1, 0.15) is 17.1 Å². The lowest BCUT2D eigenvalue weighted by atomic mass is 10.0. The Morgan fingerprint density at radius 2 is 2.07 bits per heavy atom. The molecule has 0 spiro atoms. The van der Waals surface area contributed by atoms with E-state index in [-0.39, 0.29) is 16.8 Å². The molecule has 1 aliphatic rings. The second kappa shape index (κ2) is 8.24. The van der Waals surface area contributed by atoms with Crippen LogP contribution in [-0.2, 0) is 11.8 Å². The van der Waals surface area contributed by atoms with Crippen LogP contribution in [-0.4, -0.2) is 44.4 Å². The number of ether oxygens (including phenoxy) is 1. The van der Waals surface area contributed by atoms with Gasteiger partial charge in [0.2, 0.25) is 0 Å². The third kappa shape index (κ3) is 5.35. The Hall–Kier alpha value is -2.87. The monoisotopic (exact) mass is 417 g/mol. The van der Waals surface area contributed by atoms with Crippen LogP contribution in [0.15, 0.2) is 35.3 Å². The Bertz CT molecular complexity index is 993. The van der Waals surface area contributed by atoms with Gasteiger partial charge < -0.3 is 15.0 Å². The van der Waals surface area contributed by atoms with Crippen molar-refractivity contribution in [1.82, 2.24) is 19.7 Å². The number of carbonyl (C=O) groups excluding carboxylic acids is 1. The lowest BCUT2D eigenvalue weighted by Gasteiger charge is -2.29. The van der Waals surface area contributed by atoms with E-state index in [9.17, 15) is 9.59 Å². The number of carbonyl (C=O) groups is 1. The van der Waals surface area contributed by atoms with Gasteiger partial charge >= 0.3 is 6.09 Å². The third-order valence-corrected chi connectivity index (χ3v) is 4.48. The number of pyridine rings is 1. The fourth-order valence-electron chi connectivity index (χ4n) is 2.88. The largest absolute Gasteiger partial charge is 0.444 e. The van der Waals surface area contributed by atoms with Crippen LogP contribution in [0.5, 0.6) is 0 Å². The van der Waals surface area contributed by atoms with Gasteiger partial charge in [0.15, 0.2) is 5.15 Å². The summed E-state index contributed by atoms with van der Waals surface area (Å²) in [4.78, 5) is 30.3. The number of halogens is 1. The number of anilines is 2. The summed E-state index contributed by atoms with van der Waals surface area (Å²) in [6.07, 6.45) is 4.16. The van der Waals surface area contributed by atoms with Crippen molar-refractivity contribution in [3.63, 3.8) is 0 Å². The molecular formula is C20H24ClN5O3. The molecule has 2 aromatic heterocycles. The number of aryl methyl sites for hydroxylation is 1. The highest BCUT2D eigenvalue weighted by Gasteiger charge is 2.23.